The van der Waals surface area contributed by atoms with E-state index in [9.17, 15) is 4.39 Å². The number of anilines is 1. The number of rotatable bonds is 5. The van der Waals surface area contributed by atoms with Gasteiger partial charge in [-0.15, -0.1) is 0 Å². The summed E-state index contributed by atoms with van der Waals surface area (Å²) in [6.07, 6.45) is 0. The first-order valence-corrected chi connectivity index (χ1v) is 5.65. The van der Waals surface area contributed by atoms with E-state index >= 15 is 0 Å². The van der Waals surface area contributed by atoms with Crippen molar-refractivity contribution in [1.82, 2.24) is 0 Å². The second kappa shape index (κ2) is 5.42. The molecule has 1 aromatic rings. The van der Waals surface area contributed by atoms with Crippen molar-refractivity contribution < 1.29 is 9.13 Å². The predicted octanol–water partition coefficient (Wildman–Crippen LogP) is 2.30. The van der Waals surface area contributed by atoms with E-state index in [0.717, 1.165) is 0 Å². The molecule has 0 amide bonds. The highest BCUT2D eigenvalue weighted by Gasteiger charge is 2.16. The fourth-order valence-corrected chi connectivity index (χ4v) is 1.38. The third-order valence-corrected chi connectivity index (χ3v) is 2.73. The van der Waals surface area contributed by atoms with Gasteiger partial charge < -0.3 is 15.8 Å². The Kier molecular flexibility index (Phi) is 4.42. The Bertz CT molecular complexity index is 421. The van der Waals surface area contributed by atoms with Crippen molar-refractivity contribution in [3.63, 3.8) is 0 Å². The second-order valence-corrected chi connectivity index (χ2v) is 4.82. The highest BCUT2D eigenvalue weighted by atomic mass is 32.1. The van der Waals surface area contributed by atoms with E-state index in [1.807, 2.05) is 13.8 Å². The molecule has 0 radical (unpaired) electrons. The minimum atomic E-state index is -0.419. The smallest absolute Gasteiger partial charge is 0.135 e. The minimum absolute atomic E-state index is 0.0614. The molecule has 0 aromatic heterocycles. The van der Waals surface area contributed by atoms with Gasteiger partial charge in [-0.1, -0.05) is 12.2 Å². The summed E-state index contributed by atoms with van der Waals surface area (Å²) in [5.74, 6) is -0.419. The molecule has 0 bridgehead atoms. The van der Waals surface area contributed by atoms with Crippen molar-refractivity contribution in [2.24, 2.45) is 5.73 Å². The highest BCUT2D eigenvalue weighted by Crippen LogP contribution is 2.16. The number of nitrogens with one attached hydrogen (secondary N) is 1. The molecule has 17 heavy (non-hydrogen) atoms. The standard InChI is InChI=1S/C12H17FN2OS/c1-12(2,16-3)7-15-8-4-5-9(11(14)17)10(13)6-8/h4-6,15H,7H2,1-3H3,(H2,14,17). The summed E-state index contributed by atoms with van der Waals surface area (Å²) in [6, 6.07) is 4.68. The lowest BCUT2D eigenvalue weighted by molar-refractivity contribution is 0.0344. The van der Waals surface area contributed by atoms with Gasteiger partial charge in [0.2, 0.25) is 0 Å². The highest BCUT2D eigenvalue weighted by molar-refractivity contribution is 7.80. The van der Waals surface area contributed by atoms with E-state index in [0.29, 0.717) is 12.2 Å². The Morgan fingerprint density at radius 3 is 2.65 bits per heavy atom. The molecule has 0 aliphatic heterocycles. The van der Waals surface area contributed by atoms with Crippen LogP contribution in [0.2, 0.25) is 0 Å². The molecule has 0 aliphatic carbocycles. The van der Waals surface area contributed by atoms with Gasteiger partial charge in [0.25, 0.3) is 0 Å². The minimum Gasteiger partial charge on any atom is -0.389 e. The fourth-order valence-electron chi connectivity index (χ4n) is 1.21. The van der Waals surface area contributed by atoms with E-state index in [1.54, 1.807) is 19.2 Å². The van der Waals surface area contributed by atoms with Gasteiger partial charge in [0, 0.05) is 24.9 Å². The normalized spacial score (nSPS) is 11.3. The molecule has 0 heterocycles. The Labute approximate surface area is 106 Å². The van der Waals surface area contributed by atoms with Gasteiger partial charge in [-0.05, 0) is 32.0 Å². The molecule has 1 rings (SSSR count). The zero-order valence-corrected chi connectivity index (χ0v) is 11.0. The second-order valence-electron chi connectivity index (χ2n) is 4.38. The predicted molar refractivity (Wildman–Crippen MR) is 71.9 cm³/mol. The lowest BCUT2D eigenvalue weighted by Crippen LogP contribution is -2.32. The van der Waals surface area contributed by atoms with Gasteiger partial charge in [0.1, 0.15) is 10.8 Å². The summed E-state index contributed by atoms with van der Waals surface area (Å²) in [7, 11) is 1.64. The molecule has 0 aliphatic rings. The number of hydrogen-bond donors (Lipinski definition) is 2. The Balaban J connectivity index is 2.75. The van der Waals surface area contributed by atoms with E-state index in [1.165, 1.54) is 6.07 Å². The molecule has 5 heteroatoms. The van der Waals surface area contributed by atoms with Gasteiger partial charge >= 0.3 is 0 Å². The van der Waals surface area contributed by atoms with Crippen LogP contribution in [0.4, 0.5) is 10.1 Å². The maximum atomic E-state index is 13.6. The van der Waals surface area contributed by atoms with Gasteiger partial charge in [0.05, 0.1) is 5.60 Å². The summed E-state index contributed by atoms with van der Waals surface area (Å²) in [5.41, 5.74) is 6.01. The average molecular weight is 256 g/mol. The van der Waals surface area contributed by atoms with Crippen molar-refractivity contribution in [3.8, 4) is 0 Å². The first kappa shape index (κ1) is 13.9. The maximum absolute atomic E-state index is 13.6. The lowest BCUT2D eigenvalue weighted by Gasteiger charge is -2.23. The van der Waals surface area contributed by atoms with E-state index in [-0.39, 0.29) is 16.2 Å². The summed E-state index contributed by atoms with van der Waals surface area (Å²) >= 11 is 4.73. The summed E-state index contributed by atoms with van der Waals surface area (Å²) < 4.78 is 18.8. The molecule has 0 saturated heterocycles. The molecule has 3 N–H and O–H groups in total. The molecule has 0 saturated carbocycles. The molecular formula is C12H17FN2OS. The van der Waals surface area contributed by atoms with Gasteiger partial charge in [-0.3, -0.25) is 0 Å². The van der Waals surface area contributed by atoms with Crippen LogP contribution in [0.5, 0.6) is 0 Å². The van der Waals surface area contributed by atoms with Crippen molar-refractivity contribution in [2.75, 3.05) is 19.0 Å². The summed E-state index contributed by atoms with van der Waals surface area (Å²) in [4.78, 5) is 0.0614. The number of nitrogens with two attached hydrogens (primary N) is 1. The van der Waals surface area contributed by atoms with E-state index in [4.69, 9.17) is 22.7 Å². The zero-order chi connectivity index (χ0) is 13.1. The number of hydrogen-bond acceptors (Lipinski definition) is 3. The van der Waals surface area contributed by atoms with Crippen molar-refractivity contribution in [1.29, 1.82) is 0 Å². The van der Waals surface area contributed by atoms with Crippen molar-refractivity contribution in [2.45, 2.75) is 19.4 Å². The molecule has 3 nitrogen and oxygen atoms in total. The number of thiocarbonyl (C=S) groups is 1. The van der Waals surface area contributed by atoms with Gasteiger partial charge in [0.15, 0.2) is 0 Å². The van der Waals surface area contributed by atoms with Crippen LogP contribution in [0.25, 0.3) is 0 Å². The Morgan fingerprint density at radius 2 is 2.18 bits per heavy atom. The molecule has 0 spiro atoms. The van der Waals surface area contributed by atoms with Crippen LogP contribution < -0.4 is 11.1 Å². The first-order valence-electron chi connectivity index (χ1n) is 5.24. The van der Waals surface area contributed by atoms with Crippen LogP contribution in [0, 0.1) is 5.82 Å². The third kappa shape index (κ3) is 3.94. The summed E-state index contributed by atoms with van der Waals surface area (Å²) in [6.45, 7) is 4.47. The topological polar surface area (TPSA) is 47.3 Å². The molecule has 0 atom stereocenters. The molecule has 0 unspecified atom stereocenters. The zero-order valence-electron chi connectivity index (χ0n) is 10.2. The third-order valence-electron chi connectivity index (χ3n) is 2.51. The first-order chi connectivity index (χ1) is 7.85. The van der Waals surface area contributed by atoms with E-state index in [2.05, 4.69) is 5.32 Å². The van der Waals surface area contributed by atoms with Crippen molar-refractivity contribution in [3.05, 3.63) is 29.6 Å². The maximum Gasteiger partial charge on any atom is 0.135 e. The van der Waals surface area contributed by atoms with Gasteiger partial charge in [-0.2, -0.15) is 0 Å². The average Bonchev–Trinajstić information content (AvgIpc) is 2.26. The Hall–Kier alpha value is -1.20. The molecule has 0 fully saturated rings. The summed E-state index contributed by atoms with van der Waals surface area (Å²) in [5, 5.41) is 3.09. The quantitative estimate of drug-likeness (QED) is 0.794. The molecular weight excluding hydrogens is 239 g/mol. The van der Waals surface area contributed by atoms with Crippen LogP contribution in [-0.2, 0) is 4.74 Å². The Morgan fingerprint density at radius 1 is 1.53 bits per heavy atom. The van der Waals surface area contributed by atoms with Crippen LogP contribution in [0.15, 0.2) is 18.2 Å². The van der Waals surface area contributed by atoms with Crippen LogP contribution in [0.3, 0.4) is 0 Å². The largest absolute Gasteiger partial charge is 0.389 e. The van der Waals surface area contributed by atoms with Crippen LogP contribution in [0.1, 0.15) is 19.4 Å². The monoisotopic (exact) mass is 256 g/mol. The lowest BCUT2D eigenvalue weighted by atomic mass is 10.1. The van der Waals surface area contributed by atoms with Gasteiger partial charge in [-0.25, -0.2) is 4.39 Å². The number of benzene rings is 1. The number of ether oxygens (including phenoxy) is 1. The number of halogens is 1. The van der Waals surface area contributed by atoms with Crippen molar-refractivity contribution >= 4 is 22.9 Å². The molecule has 94 valence electrons. The van der Waals surface area contributed by atoms with Crippen LogP contribution >= 0.6 is 12.2 Å². The van der Waals surface area contributed by atoms with Crippen LogP contribution in [-0.4, -0.2) is 24.2 Å². The van der Waals surface area contributed by atoms with E-state index < -0.39 is 5.82 Å². The number of methoxy groups -OCH3 is 1. The fraction of sp³-hybridized carbons (Fsp3) is 0.417. The molecule has 1 aromatic carbocycles. The SMILES string of the molecule is COC(C)(C)CNc1ccc(C(N)=S)c(F)c1.